The number of rotatable bonds is 1. The van der Waals surface area contributed by atoms with Crippen molar-refractivity contribution in [2.75, 3.05) is 12.0 Å². The molecular weight excluding hydrogens is 453 g/mol. The Morgan fingerprint density at radius 3 is 2.50 bits per heavy atom. The van der Waals surface area contributed by atoms with E-state index in [1.54, 1.807) is 22.4 Å². The summed E-state index contributed by atoms with van der Waals surface area (Å²) >= 11 is 11.9. The van der Waals surface area contributed by atoms with Crippen molar-refractivity contribution < 1.29 is 14.3 Å². The average molecular weight is 465 g/mol. The van der Waals surface area contributed by atoms with Crippen molar-refractivity contribution in [2.45, 2.75) is 19.4 Å². The number of benzene rings is 1. The molecule has 0 unspecified atom stereocenters. The molecule has 0 spiro atoms. The number of carbonyl (C=O) groups excluding carboxylic acids is 2. The molecule has 0 radical (unpaired) electrons. The lowest BCUT2D eigenvalue weighted by Crippen LogP contribution is -2.45. The number of ether oxygens (including phenoxy) is 1. The topological polar surface area (TPSA) is 58.6 Å². The van der Waals surface area contributed by atoms with Crippen molar-refractivity contribution in [2.24, 2.45) is 0 Å². The van der Waals surface area contributed by atoms with E-state index in [2.05, 4.69) is 5.32 Å². The Kier molecular flexibility index (Phi) is 3.92. The quantitative estimate of drug-likeness (QED) is 0.376. The van der Waals surface area contributed by atoms with E-state index in [9.17, 15) is 9.59 Å². The highest BCUT2D eigenvalue weighted by Crippen LogP contribution is 2.59. The second kappa shape index (κ2) is 5.96. The minimum absolute atomic E-state index is 0.202. The Balaban J connectivity index is 1.92. The zero-order valence-corrected chi connectivity index (χ0v) is 19.0. The van der Waals surface area contributed by atoms with Gasteiger partial charge in [0.25, 0.3) is 11.8 Å². The summed E-state index contributed by atoms with van der Waals surface area (Å²) in [7, 11) is 4.72. The molecule has 0 bridgehead atoms. The number of nitrogens with zero attached hydrogens (tertiary/aromatic N) is 1. The molecule has 2 aromatic rings. The summed E-state index contributed by atoms with van der Waals surface area (Å²) in [5.41, 5.74) is 3.12. The SMILES string of the molecule is COc1cc2c3c(c1)-c1c(ssc1=S)C(C)(C)N3C(=O)/C2=C1/SC(=S)NC1=O. The van der Waals surface area contributed by atoms with Crippen LogP contribution in [0, 0.1) is 3.82 Å². The third kappa shape index (κ3) is 2.23. The zero-order valence-electron chi connectivity index (χ0n) is 14.9. The Bertz CT molecular complexity index is 1220. The van der Waals surface area contributed by atoms with Crippen LogP contribution in [-0.2, 0) is 15.1 Å². The van der Waals surface area contributed by atoms with Crippen molar-refractivity contribution in [3.63, 3.8) is 0 Å². The van der Waals surface area contributed by atoms with Crippen LogP contribution in [0.5, 0.6) is 5.75 Å². The van der Waals surface area contributed by atoms with Gasteiger partial charge in [-0.2, -0.15) is 0 Å². The summed E-state index contributed by atoms with van der Waals surface area (Å²) < 4.78 is 6.66. The van der Waals surface area contributed by atoms with Crippen LogP contribution in [0.25, 0.3) is 16.7 Å². The van der Waals surface area contributed by atoms with Gasteiger partial charge in [0.2, 0.25) is 0 Å². The van der Waals surface area contributed by atoms with Crippen LogP contribution in [-0.4, -0.2) is 23.2 Å². The molecule has 0 atom stereocenters. The molecule has 1 N–H and O–H groups in total. The standard InChI is InChI=1S/C18H12N2O3S5/c1-18(2)13-10(16(24)28-27-13)8-5-6(23-3)4-7-9(15(22)20(18)11(7)8)12-14(21)19-17(25)26-12/h4-5H,1-3H3,(H,19,21,25)/b12-9+. The van der Waals surface area contributed by atoms with Crippen molar-refractivity contribution >= 4 is 84.3 Å². The van der Waals surface area contributed by atoms with Gasteiger partial charge in [-0.3, -0.25) is 14.5 Å². The maximum Gasteiger partial charge on any atom is 0.264 e. The molecule has 10 heteroatoms. The van der Waals surface area contributed by atoms with Gasteiger partial charge in [-0.25, -0.2) is 0 Å². The molecule has 142 valence electrons. The number of hydrogen-bond donors (Lipinski definition) is 1. The first kappa shape index (κ1) is 18.4. The summed E-state index contributed by atoms with van der Waals surface area (Å²) in [4.78, 5) is 29.3. The second-order valence-corrected chi connectivity index (χ2v) is 11.5. The number of carbonyl (C=O) groups is 2. The zero-order chi connectivity index (χ0) is 20.0. The first-order valence-electron chi connectivity index (χ1n) is 8.24. The minimum Gasteiger partial charge on any atom is -0.497 e. The second-order valence-electron chi connectivity index (χ2n) is 6.98. The van der Waals surface area contributed by atoms with Crippen molar-refractivity contribution in [3.05, 3.63) is 31.3 Å². The highest BCUT2D eigenvalue weighted by Gasteiger charge is 2.51. The number of anilines is 1. The van der Waals surface area contributed by atoms with Gasteiger partial charge in [0, 0.05) is 16.7 Å². The molecule has 1 aromatic carbocycles. The third-order valence-corrected chi connectivity index (χ3v) is 9.65. The summed E-state index contributed by atoms with van der Waals surface area (Å²) in [6.45, 7) is 4.03. The molecule has 28 heavy (non-hydrogen) atoms. The molecule has 3 aliphatic rings. The molecule has 3 aliphatic heterocycles. The largest absolute Gasteiger partial charge is 0.497 e. The van der Waals surface area contributed by atoms with Crippen molar-refractivity contribution in [3.8, 4) is 16.9 Å². The maximum atomic E-state index is 13.6. The Morgan fingerprint density at radius 1 is 1.14 bits per heavy atom. The summed E-state index contributed by atoms with van der Waals surface area (Å²) in [5, 5.41) is 2.61. The fourth-order valence-electron chi connectivity index (χ4n) is 3.91. The smallest absolute Gasteiger partial charge is 0.264 e. The highest BCUT2D eigenvalue weighted by molar-refractivity contribution is 8.27. The molecule has 0 saturated carbocycles. The molecule has 5 nitrogen and oxygen atoms in total. The number of hydrogen-bond acceptors (Lipinski definition) is 8. The minimum atomic E-state index is -0.580. The molecule has 1 fully saturated rings. The number of amides is 2. The van der Waals surface area contributed by atoms with Crippen LogP contribution in [0.1, 0.15) is 24.3 Å². The van der Waals surface area contributed by atoms with E-state index in [0.717, 1.165) is 37.3 Å². The van der Waals surface area contributed by atoms with E-state index >= 15 is 0 Å². The van der Waals surface area contributed by atoms with Crippen LogP contribution in [0.4, 0.5) is 5.69 Å². The van der Waals surface area contributed by atoms with Gasteiger partial charge in [-0.1, -0.05) is 56.9 Å². The van der Waals surface area contributed by atoms with E-state index in [-0.39, 0.29) is 11.8 Å². The predicted octanol–water partition coefficient (Wildman–Crippen LogP) is 4.67. The third-order valence-electron chi connectivity index (χ3n) is 5.09. The highest BCUT2D eigenvalue weighted by atomic mass is 32.9. The summed E-state index contributed by atoms with van der Waals surface area (Å²) in [5.74, 6) is 0.0732. The molecular formula is C18H12N2O3S5. The molecule has 0 aliphatic carbocycles. The van der Waals surface area contributed by atoms with Crippen LogP contribution in [0.15, 0.2) is 17.0 Å². The fraction of sp³-hybridized carbons (Fsp3) is 0.222. The van der Waals surface area contributed by atoms with Gasteiger partial charge in [0.05, 0.1) is 33.7 Å². The summed E-state index contributed by atoms with van der Waals surface area (Å²) in [6.07, 6.45) is 0. The maximum absolute atomic E-state index is 13.6. The molecule has 5 rings (SSSR count). The number of fused-ring (bicyclic) bond motifs is 2. The predicted molar refractivity (Wildman–Crippen MR) is 121 cm³/mol. The van der Waals surface area contributed by atoms with Gasteiger partial charge in [0.15, 0.2) is 0 Å². The lowest BCUT2D eigenvalue weighted by Gasteiger charge is -2.40. The lowest BCUT2D eigenvalue weighted by atomic mass is 9.87. The number of thioether (sulfide) groups is 1. The normalized spacial score (nSPS) is 21.7. The van der Waals surface area contributed by atoms with Gasteiger partial charge in [0.1, 0.15) is 13.9 Å². The van der Waals surface area contributed by atoms with Crippen LogP contribution < -0.4 is 15.0 Å². The Labute approximate surface area is 182 Å². The van der Waals surface area contributed by atoms with Crippen LogP contribution >= 0.6 is 56.9 Å². The summed E-state index contributed by atoms with van der Waals surface area (Å²) in [6, 6.07) is 3.73. The van der Waals surface area contributed by atoms with Crippen LogP contribution in [0.3, 0.4) is 0 Å². The monoisotopic (exact) mass is 464 g/mol. The number of thiocarbonyl (C=S) groups is 1. The number of nitrogens with one attached hydrogen (secondary N) is 1. The molecule has 1 aromatic heterocycles. The fourth-order valence-corrected chi connectivity index (χ4v) is 8.30. The average Bonchev–Trinajstić information content (AvgIpc) is 3.27. The van der Waals surface area contributed by atoms with Gasteiger partial charge >= 0.3 is 0 Å². The van der Waals surface area contributed by atoms with Gasteiger partial charge < -0.3 is 10.1 Å². The van der Waals surface area contributed by atoms with E-state index < -0.39 is 5.54 Å². The van der Waals surface area contributed by atoms with Crippen molar-refractivity contribution in [1.29, 1.82) is 0 Å². The first-order valence-corrected chi connectivity index (χ1v) is 12.0. The van der Waals surface area contributed by atoms with E-state index in [0.29, 0.717) is 26.1 Å². The lowest BCUT2D eigenvalue weighted by molar-refractivity contribution is -0.116. The number of methoxy groups -OCH3 is 1. The first-order chi connectivity index (χ1) is 13.3. The van der Waals surface area contributed by atoms with E-state index in [4.69, 9.17) is 29.2 Å². The van der Waals surface area contributed by atoms with Crippen LogP contribution in [0.2, 0.25) is 0 Å². The Hall–Kier alpha value is -1.59. The molecule has 4 heterocycles. The molecule has 1 saturated heterocycles. The van der Waals surface area contributed by atoms with Gasteiger partial charge in [-0.15, -0.1) is 0 Å². The van der Waals surface area contributed by atoms with Crippen molar-refractivity contribution in [1.82, 2.24) is 5.32 Å². The van der Waals surface area contributed by atoms with E-state index in [1.807, 2.05) is 26.0 Å². The van der Waals surface area contributed by atoms with E-state index in [1.165, 1.54) is 10.3 Å². The molecule has 2 amide bonds. The Morgan fingerprint density at radius 2 is 1.86 bits per heavy atom. The van der Waals surface area contributed by atoms with Gasteiger partial charge in [-0.05, 0) is 26.0 Å².